The van der Waals surface area contributed by atoms with Gasteiger partial charge in [0.2, 0.25) is 10.0 Å². The SMILES string of the molecule is CC(C)(C)NC(=O)N1CCCN(S(C)(=O)=O)CC1. The topological polar surface area (TPSA) is 69.7 Å². The van der Waals surface area contributed by atoms with E-state index in [4.69, 9.17) is 0 Å². The smallest absolute Gasteiger partial charge is 0.317 e. The molecule has 7 heteroatoms. The van der Waals surface area contributed by atoms with E-state index in [1.165, 1.54) is 10.6 Å². The summed E-state index contributed by atoms with van der Waals surface area (Å²) < 4.78 is 24.3. The van der Waals surface area contributed by atoms with Crippen molar-refractivity contribution in [2.24, 2.45) is 0 Å². The van der Waals surface area contributed by atoms with Gasteiger partial charge in [-0.05, 0) is 27.2 Å². The van der Waals surface area contributed by atoms with E-state index in [1.54, 1.807) is 4.90 Å². The van der Waals surface area contributed by atoms with Crippen LogP contribution in [0.4, 0.5) is 4.79 Å². The molecule has 1 aliphatic rings. The Morgan fingerprint density at radius 3 is 2.22 bits per heavy atom. The lowest BCUT2D eigenvalue weighted by Gasteiger charge is -2.27. The number of hydrogen-bond acceptors (Lipinski definition) is 3. The molecule has 1 N–H and O–H groups in total. The fraction of sp³-hybridized carbons (Fsp3) is 0.909. The summed E-state index contributed by atoms with van der Waals surface area (Å²) in [6, 6.07) is -0.127. The molecule has 106 valence electrons. The van der Waals surface area contributed by atoms with Crippen molar-refractivity contribution in [3.8, 4) is 0 Å². The van der Waals surface area contributed by atoms with Crippen LogP contribution in [-0.4, -0.2) is 61.6 Å². The molecule has 1 saturated heterocycles. The van der Waals surface area contributed by atoms with Crippen LogP contribution in [0.2, 0.25) is 0 Å². The second-order valence-corrected chi connectivity index (χ2v) is 7.67. The lowest BCUT2D eigenvalue weighted by atomic mass is 10.1. The molecule has 0 spiro atoms. The van der Waals surface area contributed by atoms with Crippen molar-refractivity contribution in [1.82, 2.24) is 14.5 Å². The van der Waals surface area contributed by atoms with Crippen molar-refractivity contribution in [2.45, 2.75) is 32.7 Å². The van der Waals surface area contributed by atoms with E-state index in [0.29, 0.717) is 32.6 Å². The van der Waals surface area contributed by atoms with Gasteiger partial charge in [-0.2, -0.15) is 0 Å². The fourth-order valence-electron chi connectivity index (χ4n) is 1.83. The number of amides is 2. The second kappa shape index (κ2) is 5.44. The highest BCUT2D eigenvalue weighted by molar-refractivity contribution is 7.88. The summed E-state index contributed by atoms with van der Waals surface area (Å²) in [5, 5.41) is 2.89. The number of carbonyl (C=O) groups excluding carboxylic acids is 1. The largest absolute Gasteiger partial charge is 0.333 e. The standard InChI is InChI=1S/C11H23N3O3S/c1-11(2,3)12-10(15)13-6-5-7-14(9-8-13)18(4,16)17/h5-9H2,1-4H3,(H,12,15). The lowest BCUT2D eigenvalue weighted by Crippen LogP contribution is -2.49. The minimum Gasteiger partial charge on any atom is -0.333 e. The Morgan fingerprint density at radius 1 is 1.11 bits per heavy atom. The molecule has 0 unspecified atom stereocenters. The molecule has 1 fully saturated rings. The van der Waals surface area contributed by atoms with Crippen molar-refractivity contribution < 1.29 is 13.2 Å². The first-order valence-corrected chi connectivity index (χ1v) is 7.97. The van der Waals surface area contributed by atoms with Gasteiger partial charge in [-0.25, -0.2) is 17.5 Å². The van der Waals surface area contributed by atoms with E-state index in [1.807, 2.05) is 20.8 Å². The molecule has 6 nitrogen and oxygen atoms in total. The molecule has 0 aliphatic carbocycles. The minimum absolute atomic E-state index is 0.127. The van der Waals surface area contributed by atoms with Gasteiger partial charge in [-0.1, -0.05) is 0 Å². The van der Waals surface area contributed by atoms with Crippen molar-refractivity contribution >= 4 is 16.1 Å². The van der Waals surface area contributed by atoms with Crippen molar-refractivity contribution in [3.05, 3.63) is 0 Å². The molecule has 0 aromatic rings. The second-order valence-electron chi connectivity index (χ2n) is 5.68. The minimum atomic E-state index is -3.16. The molecule has 0 bridgehead atoms. The predicted octanol–water partition coefficient (Wildman–Crippen LogP) is 0.462. The number of hydrogen-bond donors (Lipinski definition) is 1. The molecule has 0 saturated carbocycles. The molecule has 1 rings (SSSR count). The van der Waals surface area contributed by atoms with Gasteiger partial charge in [-0.15, -0.1) is 0 Å². The van der Waals surface area contributed by atoms with Crippen LogP contribution in [0.3, 0.4) is 0 Å². The molecular weight excluding hydrogens is 254 g/mol. The summed E-state index contributed by atoms with van der Waals surface area (Å²) in [6.07, 6.45) is 1.88. The third-order valence-corrected chi connectivity index (χ3v) is 4.00. The van der Waals surface area contributed by atoms with Gasteiger partial charge in [0.15, 0.2) is 0 Å². The Morgan fingerprint density at radius 2 is 1.72 bits per heavy atom. The highest BCUT2D eigenvalue weighted by Crippen LogP contribution is 2.08. The zero-order chi connectivity index (χ0) is 14.0. The Hall–Kier alpha value is -0.820. The highest BCUT2D eigenvalue weighted by Gasteiger charge is 2.25. The first kappa shape index (κ1) is 15.2. The van der Waals surface area contributed by atoms with Crippen LogP contribution in [0.5, 0.6) is 0 Å². The zero-order valence-corrected chi connectivity index (χ0v) is 12.4. The number of urea groups is 1. The van der Waals surface area contributed by atoms with E-state index in [9.17, 15) is 13.2 Å². The summed E-state index contributed by atoms with van der Waals surface area (Å²) in [7, 11) is -3.16. The van der Waals surface area contributed by atoms with Gasteiger partial charge >= 0.3 is 6.03 Å². The third-order valence-electron chi connectivity index (χ3n) is 2.69. The van der Waals surface area contributed by atoms with Crippen LogP contribution in [0.15, 0.2) is 0 Å². The van der Waals surface area contributed by atoms with Crippen molar-refractivity contribution in [3.63, 3.8) is 0 Å². The Labute approximate surface area is 109 Å². The third kappa shape index (κ3) is 4.81. The van der Waals surface area contributed by atoms with Crippen molar-refractivity contribution in [2.75, 3.05) is 32.4 Å². The van der Waals surface area contributed by atoms with Gasteiger partial charge in [0.25, 0.3) is 0 Å². The monoisotopic (exact) mass is 277 g/mol. The van der Waals surface area contributed by atoms with Crippen LogP contribution < -0.4 is 5.32 Å². The molecule has 0 atom stereocenters. The maximum absolute atomic E-state index is 12.0. The van der Waals surface area contributed by atoms with Gasteiger partial charge in [0.05, 0.1) is 6.26 Å². The summed E-state index contributed by atoms with van der Waals surface area (Å²) in [4.78, 5) is 13.6. The van der Waals surface area contributed by atoms with Crippen LogP contribution >= 0.6 is 0 Å². The lowest BCUT2D eigenvalue weighted by molar-refractivity contribution is 0.191. The Kier molecular flexibility index (Phi) is 4.61. The fourth-order valence-corrected chi connectivity index (χ4v) is 2.70. The van der Waals surface area contributed by atoms with Crippen LogP contribution in [0.1, 0.15) is 27.2 Å². The molecule has 0 aromatic heterocycles. The normalized spacial score (nSPS) is 19.4. The van der Waals surface area contributed by atoms with Crippen LogP contribution in [-0.2, 0) is 10.0 Å². The van der Waals surface area contributed by atoms with Gasteiger partial charge < -0.3 is 10.2 Å². The summed E-state index contributed by atoms with van der Waals surface area (Å²) >= 11 is 0. The average molecular weight is 277 g/mol. The summed E-state index contributed by atoms with van der Waals surface area (Å²) in [5.74, 6) is 0. The van der Waals surface area contributed by atoms with E-state index >= 15 is 0 Å². The first-order valence-electron chi connectivity index (χ1n) is 6.12. The number of nitrogens with zero attached hydrogens (tertiary/aromatic N) is 2. The number of rotatable bonds is 1. The molecule has 1 heterocycles. The Balaban J connectivity index is 2.60. The van der Waals surface area contributed by atoms with Gasteiger partial charge in [-0.3, -0.25) is 0 Å². The van der Waals surface area contributed by atoms with E-state index < -0.39 is 10.0 Å². The predicted molar refractivity (Wildman–Crippen MR) is 70.9 cm³/mol. The van der Waals surface area contributed by atoms with E-state index in [0.717, 1.165) is 0 Å². The molecule has 0 radical (unpaired) electrons. The van der Waals surface area contributed by atoms with E-state index in [-0.39, 0.29) is 11.6 Å². The van der Waals surface area contributed by atoms with Crippen molar-refractivity contribution in [1.29, 1.82) is 0 Å². The van der Waals surface area contributed by atoms with Crippen LogP contribution in [0.25, 0.3) is 0 Å². The average Bonchev–Trinajstić information content (AvgIpc) is 2.38. The quantitative estimate of drug-likeness (QED) is 0.757. The van der Waals surface area contributed by atoms with Crippen LogP contribution in [0, 0.1) is 0 Å². The van der Waals surface area contributed by atoms with Gasteiger partial charge in [0.1, 0.15) is 0 Å². The number of carbonyl (C=O) groups is 1. The molecule has 0 aromatic carbocycles. The molecular formula is C11H23N3O3S. The maximum atomic E-state index is 12.0. The van der Waals surface area contributed by atoms with Gasteiger partial charge in [0, 0.05) is 31.7 Å². The number of nitrogens with one attached hydrogen (secondary N) is 1. The highest BCUT2D eigenvalue weighted by atomic mass is 32.2. The molecule has 1 aliphatic heterocycles. The van der Waals surface area contributed by atoms with E-state index in [2.05, 4.69) is 5.32 Å². The Bertz CT molecular complexity index is 400. The maximum Gasteiger partial charge on any atom is 0.317 e. The summed E-state index contributed by atoms with van der Waals surface area (Å²) in [6.45, 7) is 7.65. The first-order chi connectivity index (χ1) is 8.09. The molecule has 2 amide bonds. The molecule has 18 heavy (non-hydrogen) atoms. The summed E-state index contributed by atoms with van der Waals surface area (Å²) in [5.41, 5.74) is -0.278. The number of sulfonamides is 1. The zero-order valence-electron chi connectivity index (χ0n) is 11.6.